The predicted octanol–water partition coefficient (Wildman–Crippen LogP) is 3.51. The molecule has 1 unspecified atom stereocenters. The van der Waals surface area contributed by atoms with Gasteiger partial charge in [-0.15, -0.1) is 0 Å². The zero-order chi connectivity index (χ0) is 19.6. The molecule has 0 saturated carbocycles. The highest BCUT2D eigenvalue weighted by atomic mass is 79.9. The summed E-state index contributed by atoms with van der Waals surface area (Å²) in [6.07, 6.45) is -8.24. The molecule has 0 spiro atoms. The highest BCUT2D eigenvalue weighted by molar-refractivity contribution is 9.10. The van der Waals surface area contributed by atoms with Crippen LogP contribution in [0.5, 0.6) is 0 Å². The van der Waals surface area contributed by atoms with Gasteiger partial charge in [-0.3, -0.25) is 0 Å². The van der Waals surface area contributed by atoms with Gasteiger partial charge in [0, 0.05) is 22.7 Å². The van der Waals surface area contributed by atoms with E-state index >= 15 is 0 Å². The maximum absolute atomic E-state index is 14.1. The molecule has 3 atom stereocenters. The Balaban J connectivity index is 3.47. The van der Waals surface area contributed by atoms with E-state index in [2.05, 4.69) is 25.6 Å². The Hall–Kier alpha value is -0.650. The van der Waals surface area contributed by atoms with E-state index in [1.165, 1.54) is 20.8 Å². The van der Waals surface area contributed by atoms with Gasteiger partial charge in [0.1, 0.15) is 6.67 Å². The monoisotopic (exact) mass is 452 g/mol. The van der Waals surface area contributed by atoms with Crippen LogP contribution in [0.3, 0.4) is 0 Å². The zero-order valence-corrected chi connectivity index (χ0v) is 16.0. The first-order valence-electron chi connectivity index (χ1n) is 7.05. The van der Waals surface area contributed by atoms with E-state index in [1.54, 1.807) is 0 Å². The SMILES string of the molecule is CC(C)(C)S(=O)N[C@@](CF)(C[C@H](O)C(F)(F)F)c1cc(Br)cnc1F. The van der Waals surface area contributed by atoms with Crippen LogP contribution in [-0.2, 0) is 16.5 Å². The number of nitrogens with zero attached hydrogens (tertiary/aromatic N) is 1. The van der Waals surface area contributed by atoms with E-state index in [1.807, 2.05) is 0 Å². The molecule has 0 aliphatic carbocycles. The number of hydrogen-bond donors (Lipinski definition) is 2. The van der Waals surface area contributed by atoms with Crippen molar-refractivity contribution in [3.05, 3.63) is 28.2 Å². The minimum atomic E-state index is -5.05. The second-order valence-electron chi connectivity index (χ2n) is 6.45. The maximum atomic E-state index is 14.1. The molecule has 1 aromatic rings. The van der Waals surface area contributed by atoms with Gasteiger partial charge in [-0.25, -0.2) is 18.3 Å². The smallest absolute Gasteiger partial charge is 0.384 e. The molecule has 144 valence electrons. The first-order valence-corrected chi connectivity index (χ1v) is 8.99. The fourth-order valence-corrected chi connectivity index (χ4v) is 3.14. The molecule has 0 aromatic carbocycles. The van der Waals surface area contributed by atoms with Gasteiger partial charge in [-0.1, -0.05) is 0 Å². The predicted molar refractivity (Wildman–Crippen MR) is 87.3 cm³/mol. The fraction of sp³-hybridized carbons (Fsp3) is 0.643. The molecule has 0 bridgehead atoms. The molecule has 0 saturated heterocycles. The fourth-order valence-electron chi connectivity index (χ4n) is 1.89. The lowest BCUT2D eigenvalue weighted by molar-refractivity contribution is -0.210. The summed E-state index contributed by atoms with van der Waals surface area (Å²) in [4.78, 5) is 3.35. The van der Waals surface area contributed by atoms with Crippen LogP contribution in [0.2, 0.25) is 0 Å². The largest absolute Gasteiger partial charge is 0.414 e. The van der Waals surface area contributed by atoms with Crippen LogP contribution in [-0.4, -0.2) is 38.0 Å². The molecule has 0 aliphatic rings. The summed E-state index contributed by atoms with van der Waals surface area (Å²) in [5, 5.41) is 9.40. The third-order valence-electron chi connectivity index (χ3n) is 3.31. The standard InChI is InChI=1S/C14H18BrF5N2O2S/c1-12(2,3)25(24)22-13(7-16,5-10(23)14(18,19)20)9-4-8(15)6-21-11(9)17/h4,6,10,22-23H,5,7H2,1-3H3/t10-,13+,25?/m0/s1. The number of nitrogens with one attached hydrogen (secondary N) is 1. The second kappa shape index (κ2) is 7.93. The Morgan fingerprint density at radius 1 is 1.36 bits per heavy atom. The molecule has 0 radical (unpaired) electrons. The summed E-state index contributed by atoms with van der Waals surface area (Å²) >= 11 is 2.99. The van der Waals surface area contributed by atoms with Crippen molar-refractivity contribution in [3.8, 4) is 0 Å². The lowest BCUT2D eigenvalue weighted by atomic mass is 9.87. The number of rotatable bonds is 6. The van der Waals surface area contributed by atoms with E-state index in [0.29, 0.717) is 0 Å². The van der Waals surface area contributed by atoms with Crippen molar-refractivity contribution in [1.82, 2.24) is 9.71 Å². The third-order valence-corrected chi connectivity index (χ3v) is 5.44. The van der Waals surface area contributed by atoms with Gasteiger partial charge >= 0.3 is 6.18 Å². The number of aliphatic hydroxyl groups is 1. The Labute approximate surface area is 152 Å². The Bertz CT molecular complexity index is 639. The minimum absolute atomic E-state index is 0.187. The molecule has 2 N–H and O–H groups in total. The van der Waals surface area contributed by atoms with E-state index in [0.717, 1.165) is 12.3 Å². The van der Waals surface area contributed by atoms with Gasteiger partial charge in [0.05, 0.1) is 21.3 Å². The van der Waals surface area contributed by atoms with Crippen LogP contribution in [0.4, 0.5) is 22.0 Å². The Kier molecular flexibility index (Phi) is 7.10. The first-order chi connectivity index (χ1) is 11.2. The molecule has 0 amide bonds. The first kappa shape index (κ1) is 22.4. The van der Waals surface area contributed by atoms with Gasteiger partial charge in [-0.05, 0) is 42.8 Å². The molecule has 0 aliphatic heterocycles. The molecular weight excluding hydrogens is 435 g/mol. The van der Waals surface area contributed by atoms with Crippen LogP contribution in [0, 0.1) is 5.95 Å². The van der Waals surface area contributed by atoms with Crippen molar-refractivity contribution in [1.29, 1.82) is 0 Å². The highest BCUT2D eigenvalue weighted by Crippen LogP contribution is 2.36. The third kappa shape index (κ3) is 5.66. The Morgan fingerprint density at radius 3 is 2.36 bits per heavy atom. The van der Waals surface area contributed by atoms with Gasteiger partial charge in [0.25, 0.3) is 0 Å². The minimum Gasteiger partial charge on any atom is -0.384 e. The summed E-state index contributed by atoms with van der Waals surface area (Å²) in [7, 11) is -2.04. The number of aromatic nitrogens is 1. The number of pyridine rings is 1. The summed E-state index contributed by atoms with van der Waals surface area (Å²) < 4.78 is 80.2. The Morgan fingerprint density at radius 2 is 1.92 bits per heavy atom. The highest BCUT2D eigenvalue weighted by Gasteiger charge is 2.48. The van der Waals surface area contributed by atoms with Crippen molar-refractivity contribution in [3.63, 3.8) is 0 Å². The van der Waals surface area contributed by atoms with Crippen molar-refractivity contribution in [2.45, 2.75) is 49.8 Å². The van der Waals surface area contributed by atoms with Crippen molar-refractivity contribution in [2.24, 2.45) is 0 Å². The van der Waals surface area contributed by atoms with Gasteiger partial charge in [0.15, 0.2) is 6.10 Å². The summed E-state index contributed by atoms with van der Waals surface area (Å²) in [6.45, 7) is 2.98. The second-order valence-corrected chi connectivity index (χ2v) is 9.33. The van der Waals surface area contributed by atoms with Gasteiger partial charge < -0.3 is 5.11 Å². The number of hydrogen-bond acceptors (Lipinski definition) is 3. The number of halogens is 6. The van der Waals surface area contributed by atoms with Crippen LogP contribution < -0.4 is 4.72 Å². The van der Waals surface area contributed by atoms with E-state index in [4.69, 9.17) is 0 Å². The quantitative estimate of drug-likeness (QED) is 0.512. The molecular formula is C14H18BrF5N2O2S. The van der Waals surface area contributed by atoms with Crippen LogP contribution in [0.25, 0.3) is 0 Å². The van der Waals surface area contributed by atoms with Gasteiger partial charge in [0.2, 0.25) is 5.95 Å². The van der Waals surface area contributed by atoms with Crippen LogP contribution in [0.1, 0.15) is 32.8 Å². The van der Waals surface area contributed by atoms with E-state index in [-0.39, 0.29) is 4.47 Å². The zero-order valence-electron chi connectivity index (χ0n) is 13.6. The van der Waals surface area contributed by atoms with Crippen molar-refractivity contribution in [2.75, 3.05) is 6.67 Å². The lowest BCUT2D eigenvalue weighted by Gasteiger charge is -2.36. The van der Waals surface area contributed by atoms with Crippen LogP contribution >= 0.6 is 15.9 Å². The molecule has 0 fully saturated rings. The van der Waals surface area contributed by atoms with Crippen molar-refractivity contribution >= 4 is 26.9 Å². The van der Waals surface area contributed by atoms with Gasteiger partial charge in [-0.2, -0.15) is 17.6 Å². The summed E-state index contributed by atoms with van der Waals surface area (Å²) in [5.41, 5.74) is -2.95. The average Bonchev–Trinajstić information content (AvgIpc) is 2.46. The topological polar surface area (TPSA) is 62.2 Å². The maximum Gasteiger partial charge on any atom is 0.414 e. The number of alkyl halides is 4. The number of aliphatic hydroxyl groups excluding tert-OH is 1. The summed E-state index contributed by atoms with van der Waals surface area (Å²) in [5.74, 6) is -1.23. The lowest BCUT2D eigenvalue weighted by Crippen LogP contribution is -2.53. The van der Waals surface area contributed by atoms with E-state index in [9.17, 15) is 31.3 Å². The molecule has 1 rings (SSSR count). The molecule has 1 aromatic heterocycles. The molecule has 11 heteroatoms. The normalized spacial score (nSPS) is 17.8. The van der Waals surface area contributed by atoms with Crippen LogP contribution in [0.15, 0.2) is 16.7 Å². The average molecular weight is 453 g/mol. The van der Waals surface area contributed by atoms with Crippen molar-refractivity contribution < 1.29 is 31.3 Å². The summed E-state index contributed by atoms with van der Waals surface area (Å²) in [6, 6.07) is 1.04. The molecule has 1 heterocycles. The molecule has 4 nitrogen and oxygen atoms in total. The van der Waals surface area contributed by atoms with E-state index < -0.39 is 58.2 Å². The molecule has 25 heavy (non-hydrogen) atoms.